The first-order chi connectivity index (χ1) is 13.9. The van der Waals surface area contributed by atoms with E-state index in [-0.39, 0.29) is 17.0 Å². The number of nitrogens with zero attached hydrogens (tertiary/aromatic N) is 3. The van der Waals surface area contributed by atoms with E-state index in [0.717, 1.165) is 11.3 Å². The summed E-state index contributed by atoms with van der Waals surface area (Å²) in [5, 5.41) is 11.5. The lowest BCUT2D eigenvalue weighted by molar-refractivity contribution is -0.384. The molecule has 0 radical (unpaired) electrons. The molecule has 0 N–H and O–H groups in total. The fourth-order valence-corrected chi connectivity index (χ4v) is 3.78. The average molecular weight is 432 g/mol. The van der Waals surface area contributed by atoms with E-state index in [0.29, 0.717) is 20.8 Å². The Kier molecular flexibility index (Phi) is 6.20. The van der Waals surface area contributed by atoms with Gasteiger partial charge >= 0.3 is 5.97 Å². The van der Waals surface area contributed by atoms with Crippen LogP contribution >= 0.6 is 22.9 Å². The molecule has 0 aliphatic heterocycles. The van der Waals surface area contributed by atoms with Gasteiger partial charge in [-0.05, 0) is 23.8 Å². The van der Waals surface area contributed by atoms with Crippen molar-refractivity contribution in [2.75, 3.05) is 7.11 Å². The van der Waals surface area contributed by atoms with Crippen LogP contribution in [-0.4, -0.2) is 28.5 Å². The molecule has 0 bridgehead atoms. The van der Waals surface area contributed by atoms with Gasteiger partial charge in [0.1, 0.15) is 6.54 Å². The summed E-state index contributed by atoms with van der Waals surface area (Å²) in [7, 11) is 1.25. The lowest BCUT2D eigenvalue weighted by atomic mass is 10.2. The molecule has 0 unspecified atom stereocenters. The van der Waals surface area contributed by atoms with Crippen molar-refractivity contribution >= 4 is 56.8 Å². The van der Waals surface area contributed by atoms with E-state index < -0.39 is 16.8 Å². The molecule has 3 aromatic rings. The number of rotatable bonds is 5. The number of hydrogen-bond donors (Lipinski definition) is 0. The molecule has 148 valence electrons. The van der Waals surface area contributed by atoms with Crippen LogP contribution in [0.2, 0.25) is 5.02 Å². The van der Waals surface area contributed by atoms with Gasteiger partial charge in [-0.3, -0.25) is 19.7 Å². The van der Waals surface area contributed by atoms with Crippen LogP contribution in [0.1, 0.15) is 5.56 Å². The molecule has 29 heavy (non-hydrogen) atoms. The van der Waals surface area contributed by atoms with Crippen molar-refractivity contribution in [2.45, 2.75) is 6.54 Å². The highest BCUT2D eigenvalue weighted by atomic mass is 35.5. The molecule has 0 atom stereocenters. The number of amides is 1. The van der Waals surface area contributed by atoms with Gasteiger partial charge in [0, 0.05) is 23.2 Å². The van der Waals surface area contributed by atoms with Crippen molar-refractivity contribution in [3.8, 4) is 0 Å². The largest absolute Gasteiger partial charge is 0.468 e. The Labute approximate surface area is 173 Å². The van der Waals surface area contributed by atoms with Gasteiger partial charge in [0.05, 0.1) is 22.2 Å². The van der Waals surface area contributed by atoms with Crippen molar-refractivity contribution in [3.63, 3.8) is 0 Å². The number of fused-ring (bicyclic) bond motifs is 1. The van der Waals surface area contributed by atoms with Crippen LogP contribution in [0.25, 0.3) is 16.3 Å². The molecule has 0 saturated carbocycles. The van der Waals surface area contributed by atoms with E-state index >= 15 is 0 Å². The fourth-order valence-electron chi connectivity index (χ4n) is 2.51. The van der Waals surface area contributed by atoms with Crippen LogP contribution in [-0.2, 0) is 20.9 Å². The molecule has 1 heterocycles. The molecule has 3 rings (SSSR count). The summed E-state index contributed by atoms with van der Waals surface area (Å²) in [6.07, 6.45) is 2.80. The lowest BCUT2D eigenvalue weighted by Gasteiger charge is -2.03. The van der Waals surface area contributed by atoms with E-state index in [1.54, 1.807) is 24.3 Å². The maximum atomic E-state index is 12.3. The van der Waals surface area contributed by atoms with Gasteiger partial charge in [-0.2, -0.15) is 4.99 Å². The SMILES string of the molecule is COC(=O)Cn1c(=NC(=O)/C=C/c2ccccc2Cl)sc2cc([N+](=O)[O-])ccc21. The maximum Gasteiger partial charge on any atom is 0.325 e. The molecule has 0 fully saturated rings. The van der Waals surface area contributed by atoms with E-state index in [4.69, 9.17) is 16.3 Å². The fraction of sp³-hybridized carbons (Fsp3) is 0.105. The number of carbonyl (C=O) groups is 2. The molecular weight excluding hydrogens is 418 g/mol. The van der Waals surface area contributed by atoms with Gasteiger partial charge < -0.3 is 9.30 Å². The minimum atomic E-state index is -0.565. The summed E-state index contributed by atoms with van der Waals surface area (Å²) < 4.78 is 6.70. The lowest BCUT2D eigenvalue weighted by Crippen LogP contribution is -2.22. The highest BCUT2D eigenvalue weighted by molar-refractivity contribution is 7.16. The van der Waals surface area contributed by atoms with Gasteiger partial charge in [-0.25, -0.2) is 0 Å². The molecule has 0 spiro atoms. The van der Waals surface area contributed by atoms with Gasteiger partial charge in [0.15, 0.2) is 4.80 Å². The summed E-state index contributed by atoms with van der Waals surface area (Å²) in [4.78, 5) is 38.9. The number of non-ortho nitro benzene ring substituents is 1. The van der Waals surface area contributed by atoms with Crippen LogP contribution in [0.3, 0.4) is 0 Å². The Balaban J connectivity index is 2.04. The minimum Gasteiger partial charge on any atom is -0.468 e. The number of nitro groups is 1. The predicted octanol–water partition coefficient (Wildman–Crippen LogP) is 3.58. The number of thiazole rings is 1. The zero-order valence-electron chi connectivity index (χ0n) is 15.1. The third-order valence-electron chi connectivity index (χ3n) is 3.91. The summed E-state index contributed by atoms with van der Waals surface area (Å²) >= 11 is 7.12. The molecule has 0 saturated heterocycles. The second kappa shape index (κ2) is 8.80. The van der Waals surface area contributed by atoms with Crippen molar-refractivity contribution < 1.29 is 19.2 Å². The smallest absolute Gasteiger partial charge is 0.325 e. The second-order valence-corrected chi connectivity index (χ2v) is 7.18. The number of nitro benzene ring substituents is 1. The van der Waals surface area contributed by atoms with E-state index in [1.807, 2.05) is 0 Å². The molecule has 0 aliphatic rings. The minimum absolute atomic E-state index is 0.0968. The number of benzene rings is 2. The van der Waals surface area contributed by atoms with Crippen molar-refractivity contribution in [1.29, 1.82) is 0 Å². The van der Waals surface area contributed by atoms with Crippen LogP contribution < -0.4 is 4.80 Å². The first kappa shape index (κ1) is 20.4. The zero-order chi connectivity index (χ0) is 21.0. The number of carbonyl (C=O) groups excluding carboxylic acids is 2. The van der Waals surface area contributed by atoms with E-state index in [9.17, 15) is 19.7 Å². The quantitative estimate of drug-likeness (QED) is 0.266. The monoisotopic (exact) mass is 431 g/mol. The molecule has 1 aromatic heterocycles. The standard InChI is InChI=1S/C19H14ClN3O5S/c1-28-18(25)11-22-15-8-7-13(23(26)27)10-16(15)29-19(22)21-17(24)9-6-12-4-2-3-5-14(12)20/h2-10H,11H2,1H3/b9-6+,21-19?. The Morgan fingerprint density at radius 1 is 1.31 bits per heavy atom. The van der Waals surface area contributed by atoms with Crippen molar-refractivity contribution in [3.05, 3.63) is 74.0 Å². The summed E-state index contributed by atoms with van der Waals surface area (Å²) in [6, 6.07) is 11.2. The van der Waals surface area contributed by atoms with Gasteiger partial charge in [-0.1, -0.05) is 41.1 Å². The number of methoxy groups -OCH3 is 1. The predicted molar refractivity (Wildman–Crippen MR) is 110 cm³/mol. The first-order valence-electron chi connectivity index (χ1n) is 8.25. The third-order valence-corrected chi connectivity index (χ3v) is 5.29. The zero-order valence-corrected chi connectivity index (χ0v) is 16.6. The first-order valence-corrected chi connectivity index (χ1v) is 9.44. The van der Waals surface area contributed by atoms with Gasteiger partial charge in [0.2, 0.25) is 0 Å². The van der Waals surface area contributed by atoms with Crippen LogP contribution in [0.5, 0.6) is 0 Å². The Bertz CT molecular complexity index is 1210. The van der Waals surface area contributed by atoms with Gasteiger partial charge in [-0.15, -0.1) is 0 Å². The van der Waals surface area contributed by atoms with E-state index in [2.05, 4.69) is 4.99 Å². The number of halogens is 1. The Morgan fingerprint density at radius 2 is 2.07 bits per heavy atom. The Morgan fingerprint density at radius 3 is 2.76 bits per heavy atom. The summed E-state index contributed by atoms with van der Waals surface area (Å²) in [5.74, 6) is -1.10. The van der Waals surface area contributed by atoms with Crippen LogP contribution in [0, 0.1) is 10.1 Å². The van der Waals surface area contributed by atoms with Crippen LogP contribution in [0.4, 0.5) is 5.69 Å². The molecular formula is C19H14ClN3O5S. The third kappa shape index (κ3) is 4.76. The summed E-state index contributed by atoms with van der Waals surface area (Å²) in [5.41, 5.74) is 1.10. The number of ether oxygens (including phenoxy) is 1. The van der Waals surface area contributed by atoms with E-state index in [1.165, 1.54) is 42.0 Å². The van der Waals surface area contributed by atoms with Gasteiger partial charge in [0.25, 0.3) is 11.6 Å². The average Bonchev–Trinajstić information content (AvgIpc) is 3.03. The number of esters is 1. The van der Waals surface area contributed by atoms with Crippen molar-refractivity contribution in [2.24, 2.45) is 4.99 Å². The molecule has 8 nitrogen and oxygen atoms in total. The number of hydrogen-bond acceptors (Lipinski definition) is 6. The molecule has 1 amide bonds. The normalized spacial score (nSPS) is 11.9. The van der Waals surface area contributed by atoms with Crippen molar-refractivity contribution in [1.82, 2.24) is 4.57 Å². The highest BCUT2D eigenvalue weighted by Gasteiger charge is 2.14. The maximum absolute atomic E-state index is 12.3. The Hall–Kier alpha value is -3.30. The molecule has 2 aromatic carbocycles. The summed E-state index contributed by atoms with van der Waals surface area (Å²) in [6.45, 7) is -0.186. The highest BCUT2D eigenvalue weighted by Crippen LogP contribution is 2.23. The van der Waals surface area contributed by atoms with Crippen LogP contribution in [0.15, 0.2) is 53.5 Å². The number of aromatic nitrogens is 1. The molecule has 10 heteroatoms. The topological polar surface area (TPSA) is 104 Å². The molecule has 0 aliphatic carbocycles. The second-order valence-electron chi connectivity index (χ2n) is 5.76.